The molecule has 0 atom stereocenters. The molecule has 1 aromatic carbocycles. The van der Waals surface area contributed by atoms with Crippen molar-refractivity contribution in [1.82, 2.24) is 19.9 Å². The van der Waals surface area contributed by atoms with E-state index in [4.69, 9.17) is 17.3 Å². The lowest BCUT2D eigenvalue weighted by Gasteiger charge is -2.11. The number of nitrogens with zero attached hydrogens (tertiary/aromatic N) is 3. The minimum atomic E-state index is -0.427. The van der Waals surface area contributed by atoms with Crippen LogP contribution in [0.2, 0.25) is 5.15 Å². The molecule has 130 valence electrons. The third kappa shape index (κ3) is 3.22. The molecule has 26 heavy (non-hydrogen) atoms. The van der Waals surface area contributed by atoms with Crippen molar-refractivity contribution in [2.24, 2.45) is 0 Å². The highest BCUT2D eigenvalue weighted by Gasteiger charge is 2.08. The number of aromatic nitrogens is 4. The molecule has 0 radical (unpaired) electrons. The van der Waals surface area contributed by atoms with E-state index >= 15 is 0 Å². The summed E-state index contributed by atoms with van der Waals surface area (Å²) in [5.41, 5.74) is 7.88. The van der Waals surface area contributed by atoms with E-state index in [-0.39, 0.29) is 11.1 Å². The largest absolute Gasteiger partial charge is 0.368 e. The topological polar surface area (TPSA) is 105 Å². The smallest absolute Gasteiger partial charge is 0.223 e. The predicted molar refractivity (Wildman–Crippen MR) is 101 cm³/mol. The quantitative estimate of drug-likeness (QED) is 0.401. The number of anilines is 5. The summed E-state index contributed by atoms with van der Waals surface area (Å²) in [5.74, 6) is -0.0126. The fourth-order valence-corrected chi connectivity index (χ4v) is 2.75. The maximum Gasteiger partial charge on any atom is 0.223 e. The molecule has 5 N–H and O–H groups in total. The maximum atomic E-state index is 14.5. The van der Waals surface area contributed by atoms with Crippen LogP contribution in [0.3, 0.4) is 0 Å². The van der Waals surface area contributed by atoms with Gasteiger partial charge in [-0.15, -0.1) is 0 Å². The van der Waals surface area contributed by atoms with Crippen LogP contribution in [0.5, 0.6) is 0 Å². The molecule has 0 fully saturated rings. The van der Waals surface area contributed by atoms with E-state index in [0.717, 1.165) is 16.7 Å². The van der Waals surface area contributed by atoms with Crippen LogP contribution in [0, 0.1) is 5.82 Å². The lowest BCUT2D eigenvalue weighted by Crippen LogP contribution is -2.01. The van der Waals surface area contributed by atoms with Gasteiger partial charge < -0.3 is 21.4 Å². The van der Waals surface area contributed by atoms with Crippen molar-refractivity contribution < 1.29 is 4.39 Å². The van der Waals surface area contributed by atoms with Crippen molar-refractivity contribution in [3.05, 3.63) is 59.8 Å². The van der Waals surface area contributed by atoms with E-state index in [1.165, 1.54) is 12.1 Å². The summed E-state index contributed by atoms with van der Waals surface area (Å²) >= 11 is 5.84. The Morgan fingerprint density at radius 2 is 1.92 bits per heavy atom. The molecule has 0 spiro atoms. The number of fused-ring (bicyclic) bond motifs is 1. The first-order valence-electron chi connectivity index (χ1n) is 7.64. The first-order chi connectivity index (χ1) is 12.6. The monoisotopic (exact) mass is 369 g/mol. The maximum absolute atomic E-state index is 14.5. The van der Waals surface area contributed by atoms with Crippen molar-refractivity contribution in [3.8, 4) is 0 Å². The SMILES string of the molecule is Nc1nc(Cl)cc(Nc2ccc(Nc3ccnc4[nH]ccc34)c(F)c2)n1. The number of nitrogen functional groups attached to an aromatic ring is 1. The van der Waals surface area contributed by atoms with Crippen LogP contribution in [0.4, 0.5) is 33.2 Å². The second-order valence-electron chi connectivity index (χ2n) is 5.48. The van der Waals surface area contributed by atoms with Gasteiger partial charge in [0.2, 0.25) is 5.95 Å². The zero-order valence-corrected chi connectivity index (χ0v) is 14.0. The van der Waals surface area contributed by atoms with Crippen molar-refractivity contribution in [2.75, 3.05) is 16.4 Å². The molecule has 0 saturated carbocycles. The van der Waals surface area contributed by atoms with Crippen LogP contribution < -0.4 is 16.4 Å². The fourth-order valence-electron chi connectivity index (χ4n) is 2.56. The van der Waals surface area contributed by atoms with E-state index < -0.39 is 5.82 Å². The first kappa shape index (κ1) is 16.1. The summed E-state index contributed by atoms with van der Waals surface area (Å²) < 4.78 is 14.5. The zero-order chi connectivity index (χ0) is 18.1. The van der Waals surface area contributed by atoms with Crippen LogP contribution >= 0.6 is 11.6 Å². The van der Waals surface area contributed by atoms with Gasteiger partial charge in [-0.05, 0) is 30.3 Å². The summed E-state index contributed by atoms with van der Waals surface area (Å²) in [4.78, 5) is 15.0. The number of benzene rings is 1. The highest BCUT2D eigenvalue weighted by atomic mass is 35.5. The molecule has 0 aliphatic rings. The molecule has 0 amide bonds. The van der Waals surface area contributed by atoms with Crippen LogP contribution in [0.1, 0.15) is 0 Å². The normalized spacial score (nSPS) is 10.8. The van der Waals surface area contributed by atoms with E-state index in [0.29, 0.717) is 17.2 Å². The summed E-state index contributed by atoms with van der Waals surface area (Å²) in [6.45, 7) is 0. The van der Waals surface area contributed by atoms with Crippen molar-refractivity contribution >= 4 is 51.5 Å². The minimum Gasteiger partial charge on any atom is -0.368 e. The molecule has 0 aliphatic heterocycles. The summed E-state index contributed by atoms with van der Waals surface area (Å²) in [6, 6.07) is 9.86. The number of hydrogen-bond donors (Lipinski definition) is 4. The lowest BCUT2D eigenvalue weighted by atomic mass is 10.2. The predicted octanol–water partition coefficient (Wildman–Crippen LogP) is 4.21. The van der Waals surface area contributed by atoms with Gasteiger partial charge in [0.15, 0.2) is 0 Å². The van der Waals surface area contributed by atoms with Crippen LogP contribution in [-0.4, -0.2) is 19.9 Å². The molecule has 4 rings (SSSR count). The molecule has 0 saturated heterocycles. The van der Waals surface area contributed by atoms with Crippen molar-refractivity contribution in [2.45, 2.75) is 0 Å². The van der Waals surface area contributed by atoms with E-state index in [1.807, 2.05) is 6.07 Å². The molecular weight excluding hydrogens is 357 g/mol. The summed E-state index contributed by atoms with van der Waals surface area (Å²) in [5, 5.41) is 7.10. The third-order valence-corrected chi connectivity index (χ3v) is 3.88. The molecule has 0 aliphatic carbocycles. The van der Waals surface area contributed by atoms with Gasteiger partial charge in [-0.25, -0.2) is 14.4 Å². The number of aromatic amines is 1. The average molecular weight is 370 g/mol. The molecule has 9 heteroatoms. The Morgan fingerprint density at radius 1 is 1.04 bits per heavy atom. The van der Waals surface area contributed by atoms with Gasteiger partial charge in [0.05, 0.1) is 11.4 Å². The minimum absolute atomic E-state index is 0.0342. The molecule has 3 aromatic heterocycles. The van der Waals surface area contributed by atoms with Gasteiger partial charge in [0.25, 0.3) is 0 Å². The van der Waals surface area contributed by atoms with Crippen LogP contribution in [0.25, 0.3) is 11.0 Å². The van der Waals surface area contributed by atoms with E-state index in [2.05, 4.69) is 30.6 Å². The fraction of sp³-hybridized carbons (Fsp3) is 0. The van der Waals surface area contributed by atoms with Gasteiger partial charge in [-0.1, -0.05) is 11.6 Å². The first-order valence-corrected chi connectivity index (χ1v) is 8.02. The van der Waals surface area contributed by atoms with E-state index in [9.17, 15) is 4.39 Å². The highest BCUT2D eigenvalue weighted by molar-refractivity contribution is 6.29. The number of pyridine rings is 1. The van der Waals surface area contributed by atoms with Gasteiger partial charge in [-0.2, -0.15) is 4.98 Å². The van der Waals surface area contributed by atoms with Gasteiger partial charge in [-0.3, -0.25) is 0 Å². The number of nitrogens with one attached hydrogen (secondary N) is 3. The Balaban J connectivity index is 1.59. The zero-order valence-electron chi connectivity index (χ0n) is 13.3. The molecular formula is C17H13ClFN7. The summed E-state index contributed by atoms with van der Waals surface area (Å²) in [7, 11) is 0. The van der Waals surface area contributed by atoms with E-state index in [1.54, 1.807) is 30.6 Å². The average Bonchev–Trinajstić information content (AvgIpc) is 3.06. The second-order valence-corrected chi connectivity index (χ2v) is 5.86. The Labute approximate surface area is 152 Å². The van der Waals surface area contributed by atoms with Gasteiger partial charge in [0.1, 0.15) is 22.4 Å². The number of hydrogen-bond acceptors (Lipinski definition) is 6. The third-order valence-electron chi connectivity index (χ3n) is 3.68. The number of nitrogens with two attached hydrogens (primary N) is 1. The lowest BCUT2D eigenvalue weighted by molar-refractivity contribution is 0.632. The number of H-pyrrole nitrogens is 1. The molecule has 4 aromatic rings. The Hall–Kier alpha value is -3.39. The highest BCUT2D eigenvalue weighted by Crippen LogP contribution is 2.28. The van der Waals surface area contributed by atoms with Crippen LogP contribution in [-0.2, 0) is 0 Å². The van der Waals surface area contributed by atoms with Gasteiger partial charge in [0, 0.05) is 29.5 Å². The Kier molecular flexibility index (Phi) is 4.02. The molecule has 0 bridgehead atoms. The van der Waals surface area contributed by atoms with Crippen molar-refractivity contribution in [1.29, 1.82) is 0 Å². The second kappa shape index (κ2) is 6.49. The Bertz CT molecular complexity index is 1080. The summed E-state index contributed by atoms with van der Waals surface area (Å²) in [6.07, 6.45) is 3.43. The number of halogens is 2. The Morgan fingerprint density at radius 3 is 2.73 bits per heavy atom. The number of rotatable bonds is 4. The molecule has 7 nitrogen and oxygen atoms in total. The van der Waals surface area contributed by atoms with Crippen molar-refractivity contribution in [3.63, 3.8) is 0 Å². The van der Waals surface area contributed by atoms with Gasteiger partial charge >= 0.3 is 0 Å². The molecule has 0 unspecified atom stereocenters. The molecule has 3 heterocycles. The van der Waals surface area contributed by atoms with Crippen LogP contribution in [0.15, 0.2) is 48.8 Å². The standard InChI is InChI=1S/C17H13ClFN7/c18-14-8-15(26-17(20)25-14)23-9-1-2-13(11(19)7-9)24-12-4-6-22-16-10(12)3-5-21-16/h1-8H,(H2,21,22,24)(H3,20,23,25,26).